The van der Waals surface area contributed by atoms with E-state index in [1.165, 1.54) is 17.4 Å². The van der Waals surface area contributed by atoms with E-state index in [0.29, 0.717) is 10.7 Å². The van der Waals surface area contributed by atoms with E-state index in [1.807, 2.05) is 5.38 Å². The highest BCUT2D eigenvalue weighted by Crippen LogP contribution is 2.44. The average molecular weight is 427 g/mol. The van der Waals surface area contributed by atoms with Gasteiger partial charge in [0.1, 0.15) is 5.82 Å². The van der Waals surface area contributed by atoms with E-state index in [2.05, 4.69) is 15.7 Å². The van der Waals surface area contributed by atoms with Gasteiger partial charge in [-0.3, -0.25) is 4.79 Å². The molecular weight excluding hydrogens is 413 g/mol. The summed E-state index contributed by atoms with van der Waals surface area (Å²) in [4.78, 5) is 13.3. The van der Waals surface area contributed by atoms with Gasteiger partial charge in [-0.2, -0.15) is 18.3 Å². The first-order valence-electron chi connectivity index (χ1n) is 8.34. The van der Waals surface area contributed by atoms with Crippen molar-refractivity contribution < 1.29 is 18.0 Å². The fraction of sp³-hybridized carbons (Fsp3) is 0.222. The van der Waals surface area contributed by atoms with Crippen LogP contribution < -0.4 is 10.6 Å². The fourth-order valence-corrected chi connectivity index (χ4v) is 4.10. The van der Waals surface area contributed by atoms with E-state index in [-0.39, 0.29) is 17.9 Å². The van der Waals surface area contributed by atoms with Crippen LogP contribution in [0.2, 0.25) is 5.02 Å². The Morgan fingerprint density at radius 2 is 2.11 bits per heavy atom. The third kappa shape index (κ3) is 3.72. The van der Waals surface area contributed by atoms with Gasteiger partial charge in [-0.15, -0.1) is 11.3 Å². The van der Waals surface area contributed by atoms with Crippen molar-refractivity contribution in [3.8, 4) is 0 Å². The lowest BCUT2D eigenvalue weighted by molar-refractivity contribution is -0.173. The molecule has 0 bridgehead atoms. The predicted molar refractivity (Wildman–Crippen MR) is 102 cm³/mol. The molecular formula is C18H14ClF3N4OS. The first-order valence-corrected chi connectivity index (χ1v) is 9.60. The maximum Gasteiger partial charge on any atom is 0.410 e. The third-order valence-electron chi connectivity index (χ3n) is 4.39. The summed E-state index contributed by atoms with van der Waals surface area (Å²) in [5.41, 5.74) is 0.323. The predicted octanol–water partition coefficient (Wildman–Crippen LogP) is 5.51. The normalized spacial score (nSPS) is 19.0. The van der Waals surface area contributed by atoms with Crippen molar-refractivity contribution in [1.29, 1.82) is 0 Å². The molecule has 146 valence electrons. The van der Waals surface area contributed by atoms with Gasteiger partial charge in [0.05, 0.1) is 6.04 Å². The van der Waals surface area contributed by atoms with E-state index in [4.69, 9.17) is 11.6 Å². The molecule has 0 spiro atoms. The highest BCUT2D eigenvalue weighted by Gasteiger charge is 2.47. The molecule has 1 amide bonds. The van der Waals surface area contributed by atoms with Crippen LogP contribution in [0.25, 0.3) is 0 Å². The van der Waals surface area contributed by atoms with Crippen LogP contribution in [-0.2, 0) is 0 Å². The van der Waals surface area contributed by atoms with Crippen molar-refractivity contribution in [3.63, 3.8) is 0 Å². The lowest BCUT2D eigenvalue weighted by atomic mass is 10.0. The van der Waals surface area contributed by atoms with Crippen LogP contribution in [0.4, 0.5) is 24.7 Å². The van der Waals surface area contributed by atoms with Crippen LogP contribution in [0, 0.1) is 0 Å². The van der Waals surface area contributed by atoms with Crippen LogP contribution in [0.5, 0.6) is 0 Å². The molecule has 1 aromatic carbocycles. The van der Waals surface area contributed by atoms with Crippen LogP contribution >= 0.6 is 22.9 Å². The van der Waals surface area contributed by atoms with Crippen molar-refractivity contribution in [1.82, 2.24) is 9.78 Å². The van der Waals surface area contributed by atoms with Gasteiger partial charge in [0.15, 0.2) is 11.7 Å². The number of carbonyl (C=O) groups is 1. The zero-order valence-electron chi connectivity index (χ0n) is 14.2. The van der Waals surface area contributed by atoms with Crippen molar-refractivity contribution in [2.45, 2.75) is 24.7 Å². The van der Waals surface area contributed by atoms with E-state index in [1.54, 1.807) is 36.4 Å². The van der Waals surface area contributed by atoms with Gasteiger partial charge >= 0.3 is 6.18 Å². The summed E-state index contributed by atoms with van der Waals surface area (Å²) in [5, 5.41) is 11.8. The molecule has 0 saturated heterocycles. The number of halogens is 4. The van der Waals surface area contributed by atoms with Crippen molar-refractivity contribution >= 4 is 40.4 Å². The fourth-order valence-electron chi connectivity index (χ4n) is 3.12. The Hall–Kier alpha value is -2.52. The molecule has 2 aromatic heterocycles. The summed E-state index contributed by atoms with van der Waals surface area (Å²) in [6.45, 7) is 0. The number of nitrogens with zero attached hydrogens (tertiary/aromatic N) is 2. The largest absolute Gasteiger partial charge is 0.410 e. The highest BCUT2D eigenvalue weighted by molar-refractivity contribution is 7.10. The van der Waals surface area contributed by atoms with Crippen LogP contribution in [0.3, 0.4) is 0 Å². The number of thiophene rings is 1. The molecule has 0 unspecified atom stereocenters. The molecule has 0 fully saturated rings. The summed E-state index contributed by atoms with van der Waals surface area (Å²) >= 11 is 7.27. The van der Waals surface area contributed by atoms with E-state index in [0.717, 1.165) is 9.56 Å². The Balaban J connectivity index is 1.64. The number of aromatic nitrogens is 2. The van der Waals surface area contributed by atoms with Crippen LogP contribution in [-0.4, -0.2) is 21.9 Å². The number of rotatable bonds is 3. The minimum Gasteiger partial charge on any atom is -0.363 e. The second kappa shape index (κ2) is 7.14. The lowest BCUT2D eigenvalue weighted by Gasteiger charge is -2.32. The molecule has 0 radical (unpaired) electrons. The van der Waals surface area contributed by atoms with E-state index >= 15 is 0 Å². The molecule has 3 heterocycles. The molecule has 1 aliphatic rings. The van der Waals surface area contributed by atoms with Crippen molar-refractivity contribution in [3.05, 3.63) is 63.4 Å². The Morgan fingerprint density at radius 1 is 1.29 bits per heavy atom. The van der Waals surface area contributed by atoms with Gasteiger partial charge in [-0.1, -0.05) is 23.7 Å². The van der Waals surface area contributed by atoms with Gasteiger partial charge in [-0.05, 0) is 29.6 Å². The molecule has 0 saturated carbocycles. The molecule has 3 aromatic rings. The van der Waals surface area contributed by atoms with Gasteiger partial charge in [0.25, 0.3) is 5.91 Å². The zero-order valence-corrected chi connectivity index (χ0v) is 15.8. The van der Waals surface area contributed by atoms with Gasteiger partial charge in [0, 0.05) is 28.1 Å². The molecule has 2 N–H and O–H groups in total. The number of anilines is 2. The molecule has 5 nitrogen and oxygen atoms in total. The highest BCUT2D eigenvalue weighted by atomic mass is 35.5. The average Bonchev–Trinajstić information content (AvgIpc) is 3.29. The van der Waals surface area contributed by atoms with Gasteiger partial charge in [0.2, 0.25) is 0 Å². The lowest BCUT2D eigenvalue weighted by Crippen LogP contribution is -2.35. The number of amides is 1. The number of nitrogens with one attached hydrogen (secondary N) is 2. The second-order valence-electron chi connectivity index (χ2n) is 6.33. The smallest absolute Gasteiger partial charge is 0.363 e. The summed E-state index contributed by atoms with van der Waals surface area (Å²) in [5.74, 6) is -0.456. The quantitative estimate of drug-likeness (QED) is 0.580. The Morgan fingerprint density at radius 3 is 2.79 bits per heavy atom. The third-order valence-corrected chi connectivity index (χ3v) is 5.61. The second-order valence-corrected chi connectivity index (χ2v) is 7.75. The monoisotopic (exact) mass is 426 g/mol. The van der Waals surface area contributed by atoms with Crippen LogP contribution in [0.1, 0.15) is 33.9 Å². The summed E-state index contributed by atoms with van der Waals surface area (Å²) in [7, 11) is 0. The summed E-state index contributed by atoms with van der Waals surface area (Å²) in [6, 6.07) is 9.07. The number of carbonyl (C=O) groups excluding carboxylic acids is 1. The Kier molecular flexibility index (Phi) is 4.80. The summed E-state index contributed by atoms with van der Waals surface area (Å²) in [6.07, 6.45) is -4.69. The summed E-state index contributed by atoms with van der Waals surface area (Å²) < 4.78 is 41.8. The molecule has 10 heteroatoms. The zero-order chi connectivity index (χ0) is 19.9. The van der Waals surface area contributed by atoms with Gasteiger partial charge < -0.3 is 10.6 Å². The molecule has 1 aliphatic heterocycles. The minimum atomic E-state index is -4.49. The number of hydrogen-bond donors (Lipinski definition) is 2. The SMILES string of the molecule is O=C(Nc1cccc(Cl)c1)c1cc2n(n1)[C@@H](C(F)(F)F)C[C@@H](c1cccs1)N2. The van der Waals surface area contributed by atoms with E-state index in [9.17, 15) is 18.0 Å². The number of fused-ring (bicyclic) bond motifs is 1. The van der Waals surface area contributed by atoms with Crippen LogP contribution in [0.15, 0.2) is 47.8 Å². The first-order chi connectivity index (χ1) is 13.3. The Bertz CT molecular complexity index is 1000. The number of hydrogen-bond acceptors (Lipinski definition) is 4. The molecule has 4 rings (SSSR count). The maximum atomic E-state index is 13.6. The Labute approximate surface area is 167 Å². The first kappa shape index (κ1) is 18.8. The van der Waals surface area contributed by atoms with Crippen molar-refractivity contribution in [2.75, 3.05) is 10.6 Å². The molecule has 2 atom stereocenters. The minimum absolute atomic E-state index is 0.108. The van der Waals surface area contributed by atoms with E-state index < -0.39 is 24.2 Å². The molecule has 0 aliphatic carbocycles. The maximum absolute atomic E-state index is 13.6. The van der Waals surface area contributed by atoms with Crippen molar-refractivity contribution in [2.24, 2.45) is 0 Å². The topological polar surface area (TPSA) is 59.0 Å². The standard InChI is InChI=1S/C18H14ClF3N4OS/c19-10-3-1-4-11(7-10)23-17(27)13-9-16-24-12(14-5-2-6-28-14)8-15(18(20,21)22)26(16)25-13/h1-7,9,12,15,24H,8H2,(H,23,27)/t12-,15+/m0/s1. The molecule has 28 heavy (non-hydrogen) atoms. The number of benzene rings is 1. The number of alkyl halides is 3. The van der Waals surface area contributed by atoms with Gasteiger partial charge in [-0.25, -0.2) is 4.68 Å².